The first-order valence-corrected chi connectivity index (χ1v) is 5.18. The van der Waals surface area contributed by atoms with Gasteiger partial charge < -0.3 is 14.7 Å². The highest BCUT2D eigenvalue weighted by Gasteiger charge is 2.41. The van der Waals surface area contributed by atoms with Gasteiger partial charge in [0.15, 0.2) is 0 Å². The molecular formula is C10H12N4O4. The first kappa shape index (κ1) is 12.1. The van der Waals surface area contributed by atoms with Gasteiger partial charge in [-0.25, -0.2) is 14.6 Å². The molecule has 0 bridgehead atoms. The first-order chi connectivity index (χ1) is 8.54. The Bertz CT molecular complexity index is 493. The Labute approximate surface area is 103 Å². The van der Waals surface area contributed by atoms with Crippen LogP contribution in [0.1, 0.15) is 0 Å². The van der Waals surface area contributed by atoms with E-state index in [1.165, 1.54) is 25.3 Å². The molecule has 2 heterocycles. The predicted octanol–water partition coefficient (Wildman–Crippen LogP) is -0.190. The van der Waals surface area contributed by atoms with Crippen molar-refractivity contribution in [1.29, 1.82) is 0 Å². The third-order valence-electron chi connectivity index (χ3n) is 2.71. The van der Waals surface area contributed by atoms with E-state index in [0.717, 1.165) is 4.90 Å². The van der Waals surface area contributed by atoms with Gasteiger partial charge in [-0.05, 0) is 0 Å². The number of likely N-dealkylation sites (N-methyl/N-ethyl adjacent to an activating group) is 1. The van der Waals surface area contributed by atoms with Crippen LogP contribution in [0.3, 0.4) is 0 Å². The second-order valence-corrected chi connectivity index (χ2v) is 3.76. The van der Waals surface area contributed by atoms with E-state index >= 15 is 0 Å². The lowest BCUT2D eigenvalue weighted by molar-refractivity contribution is -0.140. The molecule has 18 heavy (non-hydrogen) atoms. The van der Waals surface area contributed by atoms with E-state index in [0.29, 0.717) is 5.88 Å². The smallest absolute Gasteiger partial charge is 0.328 e. The van der Waals surface area contributed by atoms with Crippen molar-refractivity contribution in [2.75, 3.05) is 25.6 Å². The van der Waals surface area contributed by atoms with Crippen LogP contribution in [0.2, 0.25) is 0 Å². The molecule has 1 fully saturated rings. The van der Waals surface area contributed by atoms with Crippen molar-refractivity contribution in [1.82, 2.24) is 14.9 Å². The second-order valence-electron chi connectivity index (χ2n) is 3.76. The predicted molar refractivity (Wildman–Crippen MR) is 60.5 cm³/mol. The molecule has 1 saturated heterocycles. The quantitative estimate of drug-likeness (QED) is 0.801. The minimum Gasteiger partial charge on any atom is -0.481 e. The molecule has 8 heteroatoms. The number of amides is 2. The minimum absolute atomic E-state index is 0.0117. The van der Waals surface area contributed by atoms with Gasteiger partial charge in [-0.2, -0.15) is 4.98 Å². The molecule has 0 radical (unpaired) electrons. The van der Waals surface area contributed by atoms with Crippen molar-refractivity contribution in [2.45, 2.75) is 6.04 Å². The number of carbonyl (C=O) groups is 2. The number of nitrogens with zero attached hydrogens (tertiary/aromatic N) is 4. The molecule has 1 unspecified atom stereocenters. The average molecular weight is 252 g/mol. The Morgan fingerprint density at radius 3 is 2.89 bits per heavy atom. The van der Waals surface area contributed by atoms with Crippen LogP contribution in [0.25, 0.3) is 0 Å². The van der Waals surface area contributed by atoms with Gasteiger partial charge in [0.1, 0.15) is 6.04 Å². The number of hydrogen-bond donors (Lipinski definition) is 1. The summed E-state index contributed by atoms with van der Waals surface area (Å²) in [6.07, 6.45) is 1.45. The number of carboxylic acids is 1. The van der Waals surface area contributed by atoms with Gasteiger partial charge in [-0.3, -0.25) is 4.90 Å². The zero-order valence-corrected chi connectivity index (χ0v) is 9.90. The maximum atomic E-state index is 11.9. The highest BCUT2D eigenvalue weighted by Crippen LogP contribution is 2.20. The van der Waals surface area contributed by atoms with Crippen molar-refractivity contribution >= 4 is 17.9 Å². The summed E-state index contributed by atoms with van der Waals surface area (Å²) in [7, 11) is 2.88. The number of anilines is 1. The topological polar surface area (TPSA) is 95.9 Å². The summed E-state index contributed by atoms with van der Waals surface area (Å²) in [6, 6.07) is 0.200. The van der Waals surface area contributed by atoms with Crippen LogP contribution in [-0.4, -0.2) is 58.7 Å². The summed E-state index contributed by atoms with van der Waals surface area (Å²) in [5.74, 6) is -0.611. The number of carbonyl (C=O) groups excluding carboxylic acids is 1. The average Bonchev–Trinajstić information content (AvgIpc) is 2.67. The monoisotopic (exact) mass is 252 g/mol. The van der Waals surface area contributed by atoms with Crippen LogP contribution >= 0.6 is 0 Å². The fraction of sp³-hybridized carbons (Fsp3) is 0.400. The van der Waals surface area contributed by atoms with E-state index in [1.807, 2.05) is 0 Å². The molecule has 1 N–H and O–H groups in total. The molecular weight excluding hydrogens is 240 g/mol. The zero-order chi connectivity index (χ0) is 13.3. The highest BCUT2D eigenvalue weighted by molar-refractivity contribution is 5.97. The van der Waals surface area contributed by atoms with E-state index in [1.54, 1.807) is 6.07 Å². The third kappa shape index (κ3) is 1.92. The SMILES string of the molecule is COc1ccnc(N2CC(C(=O)O)N(C)C2=O)n1. The Morgan fingerprint density at radius 1 is 1.61 bits per heavy atom. The molecule has 96 valence electrons. The molecule has 2 rings (SSSR count). The van der Waals surface area contributed by atoms with E-state index in [4.69, 9.17) is 9.84 Å². The summed E-state index contributed by atoms with van der Waals surface area (Å²) in [5.41, 5.74) is 0. The number of rotatable bonds is 3. The van der Waals surface area contributed by atoms with Crippen LogP contribution in [0, 0.1) is 0 Å². The summed E-state index contributed by atoms with van der Waals surface area (Å²) in [5, 5.41) is 8.98. The molecule has 2 amide bonds. The second kappa shape index (κ2) is 4.47. The van der Waals surface area contributed by atoms with Crippen molar-refractivity contribution in [3.8, 4) is 5.88 Å². The van der Waals surface area contributed by atoms with Crippen LogP contribution in [0.5, 0.6) is 5.88 Å². The van der Waals surface area contributed by atoms with Crippen molar-refractivity contribution in [3.05, 3.63) is 12.3 Å². The van der Waals surface area contributed by atoms with Gasteiger partial charge in [-0.1, -0.05) is 0 Å². The fourth-order valence-electron chi connectivity index (χ4n) is 1.68. The molecule has 1 atom stereocenters. The van der Waals surface area contributed by atoms with Crippen molar-refractivity contribution < 1.29 is 19.4 Å². The number of aromatic nitrogens is 2. The molecule has 1 aromatic heterocycles. The lowest BCUT2D eigenvalue weighted by Gasteiger charge is -2.14. The highest BCUT2D eigenvalue weighted by atomic mass is 16.5. The fourth-order valence-corrected chi connectivity index (χ4v) is 1.68. The summed E-state index contributed by atoms with van der Waals surface area (Å²) >= 11 is 0. The lowest BCUT2D eigenvalue weighted by atomic mass is 10.3. The van der Waals surface area contributed by atoms with E-state index in [-0.39, 0.29) is 12.5 Å². The summed E-state index contributed by atoms with van der Waals surface area (Å²) < 4.78 is 4.93. The van der Waals surface area contributed by atoms with Gasteiger partial charge in [0.2, 0.25) is 11.8 Å². The molecule has 0 spiro atoms. The molecule has 8 nitrogen and oxygen atoms in total. The van der Waals surface area contributed by atoms with Crippen LogP contribution in [-0.2, 0) is 4.79 Å². The number of urea groups is 1. The molecule has 0 aliphatic carbocycles. The zero-order valence-electron chi connectivity index (χ0n) is 9.90. The molecule has 1 aliphatic rings. The Hall–Kier alpha value is -2.38. The van der Waals surface area contributed by atoms with Crippen LogP contribution in [0.4, 0.5) is 10.7 Å². The van der Waals surface area contributed by atoms with E-state index in [2.05, 4.69) is 9.97 Å². The van der Waals surface area contributed by atoms with Crippen molar-refractivity contribution in [2.24, 2.45) is 0 Å². The Morgan fingerprint density at radius 2 is 2.33 bits per heavy atom. The number of carboxylic acid groups (broad SMARTS) is 1. The van der Waals surface area contributed by atoms with Crippen molar-refractivity contribution in [3.63, 3.8) is 0 Å². The van der Waals surface area contributed by atoms with E-state index in [9.17, 15) is 9.59 Å². The summed E-state index contributed by atoms with van der Waals surface area (Å²) in [6.45, 7) is 0.0117. The van der Waals surface area contributed by atoms with Gasteiger partial charge in [-0.15, -0.1) is 0 Å². The number of ether oxygens (including phenoxy) is 1. The molecule has 0 saturated carbocycles. The van der Waals surface area contributed by atoms with E-state index < -0.39 is 18.0 Å². The Kier molecular flexibility index (Phi) is 3.00. The number of hydrogen-bond acceptors (Lipinski definition) is 5. The molecule has 0 aromatic carbocycles. The van der Waals surface area contributed by atoms with Gasteiger partial charge in [0.25, 0.3) is 0 Å². The largest absolute Gasteiger partial charge is 0.481 e. The third-order valence-corrected chi connectivity index (χ3v) is 2.71. The van der Waals surface area contributed by atoms with Crippen LogP contribution in [0.15, 0.2) is 12.3 Å². The first-order valence-electron chi connectivity index (χ1n) is 5.18. The lowest BCUT2D eigenvalue weighted by Crippen LogP contribution is -2.36. The minimum atomic E-state index is -1.06. The van der Waals surface area contributed by atoms with Gasteiger partial charge >= 0.3 is 12.0 Å². The molecule has 1 aromatic rings. The number of methoxy groups -OCH3 is 1. The maximum Gasteiger partial charge on any atom is 0.328 e. The normalized spacial score (nSPS) is 19.2. The number of aliphatic carboxylic acids is 1. The van der Waals surface area contributed by atoms with Gasteiger partial charge in [0, 0.05) is 19.3 Å². The summed E-state index contributed by atoms with van der Waals surface area (Å²) in [4.78, 5) is 33.2. The standard InChI is InChI=1S/C10H12N4O4/c1-13-6(8(15)16)5-14(10(13)17)9-11-4-3-7(12-9)18-2/h3-4,6H,5H2,1-2H3,(H,15,16). The molecule has 1 aliphatic heterocycles. The van der Waals surface area contributed by atoms with Gasteiger partial charge in [0.05, 0.1) is 13.7 Å². The van der Waals surface area contributed by atoms with Crippen LogP contribution < -0.4 is 9.64 Å². The Balaban J connectivity index is 2.29. The maximum absolute atomic E-state index is 11.9.